The molecule has 0 saturated heterocycles. The van der Waals surface area contributed by atoms with Gasteiger partial charge in [0.1, 0.15) is 5.75 Å². The second-order valence-electron chi connectivity index (χ2n) is 8.00. The van der Waals surface area contributed by atoms with Gasteiger partial charge in [0.25, 0.3) is 0 Å². The van der Waals surface area contributed by atoms with Gasteiger partial charge in [-0.2, -0.15) is 0 Å². The highest BCUT2D eigenvalue weighted by atomic mass is 16.5. The van der Waals surface area contributed by atoms with E-state index in [-0.39, 0.29) is 6.03 Å². The monoisotopic (exact) mass is 418 g/mol. The van der Waals surface area contributed by atoms with Crippen molar-refractivity contribution in [2.45, 2.75) is 32.1 Å². The lowest BCUT2D eigenvalue weighted by Crippen LogP contribution is -2.20. The predicted octanol–water partition coefficient (Wildman–Crippen LogP) is 5.92. The number of aromatic nitrogens is 1. The van der Waals surface area contributed by atoms with Gasteiger partial charge in [0, 0.05) is 42.3 Å². The number of carbonyl (C=O) groups is 1. The van der Waals surface area contributed by atoms with Crippen LogP contribution < -0.4 is 15.4 Å². The second-order valence-corrected chi connectivity index (χ2v) is 8.00. The minimum Gasteiger partial charge on any atom is -0.491 e. The van der Waals surface area contributed by atoms with Crippen molar-refractivity contribution in [2.75, 3.05) is 30.8 Å². The highest BCUT2D eigenvalue weighted by molar-refractivity contribution is 6.02. The van der Waals surface area contributed by atoms with E-state index in [9.17, 15) is 4.79 Å². The highest BCUT2D eigenvalue weighted by Gasteiger charge is 2.17. The first-order valence-electron chi connectivity index (χ1n) is 10.9. The molecule has 2 amide bonds. The molecular weight excluding hydrogens is 388 g/mol. The zero-order valence-corrected chi connectivity index (χ0v) is 18.2. The number of hydrogen-bond donors (Lipinski definition) is 3. The van der Waals surface area contributed by atoms with E-state index in [1.54, 1.807) is 0 Å². The molecular formula is C25H30N4O2. The molecule has 0 aliphatic carbocycles. The molecule has 6 nitrogen and oxygen atoms in total. The summed E-state index contributed by atoms with van der Waals surface area (Å²) < 4.78 is 5.81. The second kappa shape index (κ2) is 9.60. The van der Waals surface area contributed by atoms with E-state index in [2.05, 4.69) is 53.0 Å². The molecule has 2 aromatic carbocycles. The molecule has 3 aromatic rings. The smallest absolute Gasteiger partial charge is 0.323 e. The molecule has 0 spiro atoms. The lowest BCUT2D eigenvalue weighted by molar-refractivity contribution is 0.261. The van der Waals surface area contributed by atoms with Gasteiger partial charge in [0.05, 0.1) is 12.3 Å². The number of nitrogens with one attached hydrogen (secondary N) is 3. The summed E-state index contributed by atoms with van der Waals surface area (Å²) in [6, 6.07) is 13.2. The molecule has 1 aromatic heterocycles. The van der Waals surface area contributed by atoms with Gasteiger partial charge in [0.2, 0.25) is 0 Å². The van der Waals surface area contributed by atoms with E-state index >= 15 is 0 Å². The molecule has 1 aliphatic rings. The minimum absolute atomic E-state index is 0.290. The lowest BCUT2D eigenvalue weighted by Gasteiger charge is -2.24. The summed E-state index contributed by atoms with van der Waals surface area (Å²) in [6.45, 7) is 3.79. The van der Waals surface area contributed by atoms with Crippen molar-refractivity contribution in [3.63, 3.8) is 0 Å². The Morgan fingerprint density at radius 2 is 2.10 bits per heavy atom. The number of unbranched alkanes of at least 4 members (excludes halogenated alkanes) is 1. The van der Waals surface area contributed by atoms with E-state index < -0.39 is 0 Å². The van der Waals surface area contributed by atoms with Crippen LogP contribution in [-0.4, -0.2) is 36.1 Å². The summed E-state index contributed by atoms with van der Waals surface area (Å²) in [7, 11) is 2.09. The van der Waals surface area contributed by atoms with Gasteiger partial charge in [-0.15, -0.1) is 0 Å². The highest BCUT2D eigenvalue weighted by Crippen LogP contribution is 2.32. The summed E-state index contributed by atoms with van der Waals surface area (Å²) in [4.78, 5) is 18.2. The average Bonchev–Trinajstić information content (AvgIpc) is 3.19. The van der Waals surface area contributed by atoms with E-state index in [1.807, 2.05) is 42.5 Å². The number of rotatable bonds is 7. The van der Waals surface area contributed by atoms with Gasteiger partial charge in [-0.25, -0.2) is 4.79 Å². The van der Waals surface area contributed by atoms with Crippen LogP contribution in [0.25, 0.3) is 10.9 Å². The average molecular weight is 419 g/mol. The van der Waals surface area contributed by atoms with Crippen LogP contribution in [0.2, 0.25) is 0 Å². The summed E-state index contributed by atoms with van der Waals surface area (Å²) in [5.74, 6) is 1.06. The molecule has 0 radical (unpaired) electrons. The Morgan fingerprint density at radius 3 is 2.90 bits per heavy atom. The molecule has 0 fully saturated rings. The van der Waals surface area contributed by atoms with Crippen molar-refractivity contribution in [2.24, 2.45) is 0 Å². The van der Waals surface area contributed by atoms with Gasteiger partial charge >= 0.3 is 6.03 Å². The number of urea groups is 1. The molecule has 31 heavy (non-hydrogen) atoms. The van der Waals surface area contributed by atoms with Crippen molar-refractivity contribution in [1.82, 2.24) is 9.88 Å². The number of anilines is 2. The molecule has 1 unspecified atom stereocenters. The molecule has 3 N–H and O–H groups in total. The van der Waals surface area contributed by atoms with Crippen LogP contribution >= 0.6 is 0 Å². The Kier molecular flexibility index (Phi) is 6.46. The van der Waals surface area contributed by atoms with Crippen LogP contribution in [0.15, 0.2) is 60.9 Å². The standard InChI is InChI=1S/C25H30N4O2/c1-3-4-15-31-24-8-6-5-7-23(24)28-25(30)27-19-9-10-22-20(16-19)21(17-26-22)18-11-13-29(2)14-12-18/h5-11,13,16-18,26H,3-4,12,14-15H2,1-2H3,(H2,27,28,30). The van der Waals surface area contributed by atoms with Crippen molar-refractivity contribution in [3.8, 4) is 5.75 Å². The van der Waals surface area contributed by atoms with Gasteiger partial charge in [-0.3, -0.25) is 0 Å². The van der Waals surface area contributed by atoms with Crippen LogP contribution in [-0.2, 0) is 0 Å². The third kappa shape index (κ3) is 5.02. The van der Waals surface area contributed by atoms with E-state index in [4.69, 9.17) is 4.74 Å². The van der Waals surface area contributed by atoms with Gasteiger partial charge in [0.15, 0.2) is 0 Å². The fraction of sp³-hybridized carbons (Fsp3) is 0.320. The van der Waals surface area contributed by atoms with Crippen LogP contribution in [0, 0.1) is 0 Å². The number of carbonyl (C=O) groups excluding carboxylic acids is 1. The first-order valence-corrected chi connectivity index (χ1v) is 10.9. The number of nitrogens with zero attached hydrogens (tertiary/aromatic N) is 1. The maximum Gasteiger partial charge on any atom is 0.323 e. The molecule has 1 atom stereocenters. The first-order chi connectivity index (χ1) is 15.1. The Morgan fingerprint density at radius 1 is 1.23 bits per heavy atom. The number of fused-ring (bicyclic) bond motifs is 1. The van der Waals surface area contributed by atoms with Crippen molar-refractivity contribution in [1.29, 1.82) is 0 Å². The quantitative estimate of drug-likeness (QED) is 0.417. The number of amides is 2. The Labute approximate surface area is 183 Å². The van der Waals surface area contributed by atoms with E-state index in [0.717, 1.165) is 42.4 Å². The molecule has 0 bridgehead atoms. The number of benzene rings is 2. The van der Waals surface area contributed by atoms with Crippen molar-refractivity contribution < 1.29 is 9.53 Å². The molecule has 6 heteroatoms. The Balaban J connectivity index is 1.47. The van der Waals surface area contributed by atoms with Gasteiger partial charge < -0.3 is 25.3 Å². The number of para-hydroxylation sites is 2. The number of hydrogen-bond acceptors (Lipinski definition) is 3. The summed E-state index contributed by atoms with van der Waals surface area (Å²) in [5, 5.41) is 7.01. The third-order valence-corrected chi connectivity index (χ3v) is 5.63. The number of allylic oxidation sites excluding steroid dienone is 1. The Hall–Kier alpha value is -3.41. The van der Waals surface area contributed by atoms with Crippen LogP contribution in [0.3, 0.4) is 0 Å². The third-order valence-electron chi connectivity index (χ3n) is 5.63. The maximum absolute atomic E-state index is 12.7. The zero-order chi connectivity index (χ0) is 21.6. The van der Waals surface area contributed by atoms with Gasteiger partial charge in [-0.05, 0) is 54.9 Å². The predicted molar refractivity (Wildman–Crippen MR) is 127 cm³/mol. The number of aromatic amines is 1. The molecule has 2 heterocycles. The summed E-state index contributed by atoms with van der Waals surface area (Å²) in [6.07, 6.45) is 9.58. The zero-order valence-electron chi connectivity index (χ0n) is 18.2. The fourth-order valence-corrected chi connectivity index (χ4v) is 3.86. The lowest BCUT2D eigenvalue weighted by atomic mass is 9.93. The largest absolute Gasteiger partial charge is 0.491 e. The number of ether oxygens (including phenoxy) is 1. The van der Waals surface area contributed by atoms with Crippen LogP contribution in [0.5, 0.6) is 5.75 Å². The van der Waals surface area contributed by atoms with Gasteiger partial charge in [-0.1, -0.05) is 31.6 Å². The van der Waals surface area contributed by atoms with Crippen LogP contribution in [0.4, 0.5) is 16.2 Å². The van der Waals surface area contributed by atoms with Crippen molar-refractivity contribution in [3.05, 3.63) is 66.5 Å². The van der Waals surface area contributed by atoms with Crippen LogP contribution in [0.1, 0.15) is 37.7 Å². The first kappa shape index (κ1) is 20.8. The SMILES string of the molecule is CCCCOc1ccccc1NC(=O)Nc1ccc2[nH]cc(C3C=CN(C)CC3)c2c1. The molecule has 0 saturated carbocycles. The molecule has 1 aliphatic heterocycles. The fourth-order valence-electron chi connectivity index (χ4n) is 3.86. The molecule has 162 valence electrons. The van der Waals surface area contributed by atoms with E-state index in [0.29, 0.717) is 24.0 Å². The Bertz CT molecular complexity index is 1070. The topological polar surface area (TPSA) is 69.4 Å². The maximum atomic E-state index is 12.7. The van der Waals surface area contributed by atoms with Crippen molar-refractivity contribution >= 4 is 28.3 Å². The summed E-state index contributed by atoms with van der Waals surface area (Å²) >= 11 is 0. The summed E-state index contributed by atoms with van der Waals surface area (Å²) in [5.41, 5.74) is 3.75. The van der Waals surface area contributed by atoms with E-state index in [1.165, 1.54) is 5.56 Å². The minimum atomic E-state index is -0.290. The molecule has 4 rings (SSSR count). The normalized spacial score (nSPS) is 15.8. The number of H-pyrrole nitrogens is 1.